The maximum absolute atomic E-state index is 12.1. The van der Waals surface area contributed by atoms with Gasteiger partial charge >= 0.3 is 0 Å². The topological polar surface area (TPSA) is 64.6 Å². The van der Waals surface area contributed by atoms with Crippen LogP contribution in [0.25, 0.3) is 0 Å². The Morgan fingerprint density at radius 1 is 1.30 bits per heavy atom. The molecule has 0 radical (unpaired) electrons. The average Bonchev–Trinajstić information content (AvgIpc) is 2.78. The van der Waals surface area contributed by atoms with Crippen molar-refractivity contribution in [2.45, 2.75) is 39.3 Å². The maximum atomic E-state index is 12.1. The number of hydrogen-bond donors (Lipinski definition) is 3. The molecule has 5 nitrogen and oxygen atoms in total. The maximum Gasteiger partial charge on any atom is 0.237 e. The number of halogens is 2. The van der Waals surface area contributed by atoms with Gasteiger partial charge in [-0.25, -0.2) is 0 Å². The molecule has 0 bridgehead atoms. The van der Waals surface area contributed by atoms with Gasteiger partial charge in [0.25, 0.3) is 0 Å². The molecule has 1 rings (SSSR count). The number of nitrogens with one attached hydrogen (secondary N) is 2. The molecule has 0 saturated carbocycles. The standard InChI is InChI=1S/C13H27N3O2.2ClH/c1-4-11(16(5-2)6-3)13(18)15-8-10-7-14-9-12(10)17;;/h10-12,14,17H,4-9H2,1-3H3,(H,15,18);2*1H. The van der Waals surface area contributed by atoms with E-state index in [0.29, 0.717) is 13.1 Å². The van der Waals surface area contributed by atoms with Crippen LogP contribution in [0.3, 0.4) is 0 Å². The number of amides is 1. The lowest BCUT2D eigenvalue weighted by molar-refractivity contribution is -0.126. The van der Waals surface area contributed by atoms with Crippen molar-refractivity contribution in [1.82, 2.24) is 15.5 Å². The van der Waals surface area contributed by atoms with Crippen molar-refractivity contribution in [2.75, 3.05) is 32.7 Å². The van der Waals surface area contributed by atoms with E-state index < -0.39 is 0 Å². The fourth-order valence-corrected chi connectivity index (χ4v) is 2.55. The van der Waals surface area contributed by atoms with E-state index in [4.69, 9.17) is 0 Å². The van der Waals surface area contributed by atoms with Crippen LogP contribution in [0, 0.1) is 5.92 Å². The average molecular weight is 330 g/mol. The first kappa shape index (κ1) is 22.2. The highest BCUT2D eigenvalue weighted by atomic mass is 35.5. The summed E-state index contributed by atoms with van der Waals surface area (Å²) in [6.07, 6.45) is 0.484. The molecule has 1 aliphatic rings. The zero-order valence-electron chi connectivity index (χ0n) is 12.6. The van der Waals surface area contributed by atoms with Crippen molar-refractivity contribution in [3.8, 4) is 0 Å². The van der Waals surface area contributed by atoms with Gasteiger partial charge in [0, 0.05) is 25.6 Å². The fraction of sp³-hybridized carbons (Fsp3) is 0.923. The van der Waals surface area contributed by atoms with Crippen molar-refractivity contribution >= 4 is 30.7 Å². The highest BCUT2D eigenvalue weighted by molar-refractivity contribution is 5.85. The second-order valence-corrected chi connectivity index (χ2v) is 4.88. The van der Waals surface area contributed by atoms with E-state index in [1.807, 2.05) is 6.92 Å². The minimum Gasteiger partial charge on any atom is -0.391 e. The number of aliphatic hydroxyl groups excluding tert-OH is 1. The lowest BCUT2D eigenvalue weighted by Crippen LogP contribution is -2.48. The fourth-order valence-electron chi connectivity index (χ4n) is 2.55. The van der Waals surface area contributed by atoms with Gasteiger partial charge in [0.15, 0.2) is 0 Å². The van der Waals surface area contributed by atoms with Gasteiger partial charge in [0.1, 0.15) is 0 Å². The van der Waals surface area contributed by atoms with Crippen molar-refractivity contribution in [3.05, 3.63) is 0 Å². The van der Waals surface area contributed by atoms with Crippen LogP contribution >= 0.6 is 24.8 Å². The van der Waals surface area contributed by atoms with Gasteiger partial charge in [0.2, 0.25) is 5.91 Å². The number of carbonyl (C=O) groups is 1. The summed E-state index contributed by atoms with van der Waals surface area (Å²) < 4.78 is 0. The summed E-state index contributed by atoms with van der Waals surface area (Å²) in [4.78, 5) is 14.3. The van der Waals surface area contributed by atoms with Gasteiger partial charge < -0.3 is 15.7 Å². The number of aliphatic hydroxyl groups is 1. The lowest BCUT2D eigenvalue weighted by atomic mass is 10.1. The van der Waals surface area contributed by atoms with Crippen molar-refractivity contribution in [1.29, 1.82) is 0 Å². The molecule has 1 aliphatic heterocycles. The third-order valence-electron chi connectivity index (χ3n) is 3.79. The summed E-state index contributed by atoms with van der Waals surface area (Å²) in [5, 5.41) is 15.8. The minimum atomic E-state index is -0.334. The Labute approximate surface area is 134 Å². The number of likely N-dealkylation sites (N-methyl/N-ethyl adjacent to an activating group) is 1. The monoisotopic (exact) mass is 329 g/mol. The van der Waals surface area contributed by atoms with E-state index in [9.17, 15) is 9.90 Å². The van der Waals surface area contributed by atoms with E-state index in [-0.39, 0.29) is 48.8 Å². The van der Waals surface area contributed by atoms with Crippen molar-refractivity contribution in [2.24, 2.45) is 5.92 Å². The van der Waals surface area contributed by atoms with E-state index in [1.54, 1.807) is 0 Å². The summed E-state index contributed by atoms with van der Waals surface area (Å²) in [5.41, 5.74) is 0. The van der Waals surface area contributed by atoms with Crippen molar-refractivity contribution < 1.29 is 9.90 Å². The Bertz CT molecular complexity index is 266. The molecule has 0 aliphatic carbocycles. The Morgan fingerprint density at radius 2 is 1.90 bits per heavy atom. The largest absolute Gasteiger partial charge is 0.391 e. The normalized spacial score (nSPS) is 22.9. The smallest absolute Gasteiger partial charge is 0.237 e. The summed E-state index contributed by atoms with van der Waals surface area (Å²) in [5.74, 6) is 0.225. The van der Waals surface area contributed by atoms with Crippen molar-refractivity contribution in [3.63, 3.8) is 0 Å². The molecule has 0 spiro atoms. The molecule has 1 amide bonds. The van der Waals surface area contributed by atoms with E-state index in [1.165, 1.54) is 0 Å². The molecule has 3 N–H and O–H groups in total. The first-order valence-electron chi connectivity index (χ1n) is 7.04. The number of nitrogens with zero attached hydrogens (tertiary/aromatic N) is 1. The zero-order chi connectivity index (χ0) is 13.5. The minimum absolute atomic E-state index is 0. The molecule has 3 atom stereocenters. The first-order valence-corrected chi connectivity index (χ1v) is 7.04. The molecule has 1 saturated heterocycles. The van der Waals surface area contributed by atoms with Crippen LogP contribution in [0.15, 0.2) is 0 Å². The Kier molecular flexibility index (Phi) is 12.9. The molecule has 0 aromatic carbocycles. The lowest BCUT2D eigenvalue weighted by Gasteiger charge is -2.28. The summed E-state index contributed by atoms with van der Waals surface area (Å²) in [6.45, 7) is 9.93. The summed E-state index contributed by atoms with van der Waals surface area (Å²) in [7, 11) is 0. The molecule has 7 heteroatoms. The molecule has 1 fully saturated rings. The number of rotatable bonds is 7. The summed E-state index contributed by atoms with van der Waals surface area (Å²) in [6, 6.07) is -0.0495. The molecular weight excluding hydrogens is 301 g/mol. The zero-order valence-corrected chi connectivity index (χ0v) is 14.2. The molecule has 1 heterocycles. The highest BCUT2D eigenvalue weighted by Gasteiger charge is 2.27. The molecular formula is C13H29Cl2N3O2. The predicted molar refractivity (Wildman–Crippen MR) is 86.9 cm³/mol. The van der Waals surface area contributed by atoms with Crippen LogP contribution in [0.5, 0.6) is 0 Å². The summed E-state index contributed by atoms with van der Waals surface area (Å²) >= 11 is 0. The Morgan fingerprint density at radius 3 is 2.30 bits per heavy atom. The Balaban J connectivity index is 0. The third-order valence-corrected chi connectivity index (χ3v) is 3.79. The number of hydrogen-bond acceptors (Lipinski definition) is 4. The van der Waals surface area contributed by atoms with Crippen LogP contribution in [0.2, 0.25) is 0 Å². The number of β-amino-alcohol motifs (C(OH)–C–C–N with tert-alkyl or cyclic N) is 1. The number of carbonyl (C=O) groups excluding carboxylic acids is 1. The highest BCUT2D eigenvalue weighted by Crippen LogP contribution is 2.08. The second-order valence-electron chi connectivity index (χ2n) is 4.88. The van der Waals surface area contributed by atoms with Crippen LogP contribution in [0.1, 0.15) is 27.2 Å². The van der Waals surface area contributed by atoms with E-state index in [2.05, 4.69) is 29.4 Å². The van der Waals surface area contributed by atoms with Gasteiger partial charge in [0.05, 0.1) is 12.1 Å². The van der Waals surface area contributed by atoms with Crippen LogP contribution < -0.4 is 10.6 Å². The molecule has 122 valence electrons. The quantitative estimate of drug-likeness (QED) is 0.641. The third kappa shape index (κ3) is 6.14. The van der Waals surface area contributed by atoms with Crippen LogP contribution in [0.4, 0.5) is 0 Å². The van der Waals surface area contributed by atoms with Gasteiger partial charge in [-0.15, -0.1) is 24.8 Å². The van der Waals surface area contributed by atoms with Crippen LogP contribution in [-0.2, 0) is 4.79 Å². The van der Waals surface area contributed by atoms with Gasteiger partial charge in [-0.1, -0.05) is 20.8 Å². The molecule has 20 heavy (non-hydrogen) atoms. The predicted octanol–water partition coefficient (Wildman–Crippen LogP) is 0.647. The SMILES string of the molecule is CCC(C(=O)NCC1CNCC1O)N(CC)CC.Cl.Cl. The van der Waals surface area contributed by atoms with E-state index >= 15 is 0 Å². The van der Waals surface area contributed by atoms with Gasteiger partial charge in [-0.2, -0.15) is 0 Å². The molecule has 3 unspecified atom stereocenters. The Hall–Kier alpha value is -0.0700. The first-order chi connectivity index (χ1) is 8.63. The molecule has 0 aromatic rings. The molecule has 0 aromatic heterocycles. The van der Waals surface area contributed by atoms with Gasteiger partial charge in [-0.3, -0.25) is 9.69 Å². The van der Waals surface area contributed by atoms with Gasteiger partial charge in [-0.05, 0) is 19.5 Å². The second kappa shape index (κ2) is 11.6. The van der Waals surface area contributed by atoms with Crippen LogP contribution in [-0.4, -0.2) is 60.8 Å². The van der Waals surface area contributed by atoms with E-state index in [0.717, 1.165) is 26.1 Å².